The van der Waals surface area contributed by atoms with Crippen molar-refractivity contribution < 1.29 is 18.8 Å². The summed E-state index contributed by atoms with van der Waals surface area (Å²) in [6, 6.07) is 4.06. The van der Waals surface area contributed by atoms with Gasteiger partial charge in [0.2, 0.25) is 5.91 Å². The maximum atomic E-state index is 13.8. The lowest BCUT2D eigenvalue weighted by Crippen LogP contribution is -2.47. The molecule has 2 atom stereocenters. The summed E-state index contributed by atoms with van der Waals surface area (Å²) in [6.45, 7) is 8.55. The second-order valence-corrected chi connectivity index (χ2v) is 7.79. The number of nitrogens with zero attached hydrogens (tertiary/aromatic N) is 2. The van der Waals surface area contributed by atoms with Crippen LogP contribution in [-0.4, -0.2) is 53.3 Å². The maximum Gasteiger partial charge on any atom is 0.322 e. The molecule has 2 N–H and O–H groups in total. The van der Waals surface area contributed by atoms with Gasteiger partial charge in [0.15, 0.2) is 0 Å². The smallest absolute Gasteiger partial charge is 0.322 e. The molecule has 0 bridgehead atoms. The number of halogens is 1. The van der Waals surface area contributed by atoms with E-state index in [0.29, 0.717) is 35.8 Å². The number of carbonyl (C=O) groups excluding carboxylic acids is 3. The molecule has 0 radical (unpaired) electrons. The zero-order valence-corrected chi connectivity index (χ0v) is 17.2. The SMILES string of the molecule is CCN1C(=O)N[C@@H](c2cccc(F)c2)C2=C1CN([C@@H](C)C(=O)NCC(C)C)C2=O. The van der Waals surface area contributed by atoms with Crippen LogP contribution in [0.3, 0.4) is 0 Å². The lowest BCUT2D eigenvalue weighted by atomic mass is 9.95. The summed E-state index contributed by atoms with van der Waals surface area (Å²) < 4.78 is 13.8. The van der Waals surface area contributed by atoms with Crippen LogP contribution in [0.2, 0.25) is 0 Å². The second kappa shape index (κ2) is 8.23. The van der Waals surface area contributed by atoms with Crippen LogP contribution in [0.5, 0.6) is 0 Å². The minimum atomic E-state index is -0.751. The third kappa shape index (κ3) is 3.97. The molecule has 29 heavy (non-hydrogen) atoms. The van der Waals surface area contributed by atoms with Crippen molar-refractivity contribution >= 4 is 17.8 Å². The van der Waals surface area contributed by atoms with E-state index in [2.05, 4.69) is 10.6 Å². The molecule has 0 saturated heterocycles. The Hall–Kier alpha value is -2.90. The van der Waals surface area contributed by atoms with Crippen molar-refractivity contribution in [3.63, 3.8) is 0 Å². The highest BCUT2D eigenvalue weighted by atomic mass is 19.1. The minimum Gasteiger partial charge on any atom is -0.354 e. The van der Waals surface area contributed by atoms with Crippen LogP contribution in [-0.2, 0) is 9.59 Å². The van der Waals surface area contributed by atoms with Crippen molar-refractivity contribution in [2.45, 2.75) is 39.8 Å². The number of rotatable bonds is 6. The van der Waals surface area contributed by atoms with Gasteiger partial charge in [-0.1, -0.05) is 26.0 Å². The Labute approximate surface area is 169 Å². The fourth-order valence-electron chi connectivity index (χ4n) is 3.69. The Balaban J connectivity index is 1.92. The number of amides is 4. The molecule has 156 valence electrons. The van der Waals surface area contributed by atoms with Crippen molar-refractivity contribution in [2.75, 3.05) is 19.6 Å². The molecule has 3 rings (SSSR count). The number of carbonyl (C=O) groups is 3. The third-order valence-corrected chi connectivity index (χ3v) is 5.28. The number of benzene rings is 1. The van der Waals surface area contributed by atoms with E-state index in [1.54, 1.807) is 19.1 Å². The average Bonchev–Trinajstić information content (AvgIpc) is 3.02. The maximum absolute atomic E-state index is 13.8. The van der Waals surface area contributed by atoms with Crippen LogP contribution in [0.25, 0.3) is 0 Å². The summed E-state index contributed by atoms with van der Waals surface area (Å²) in [6.07, 6.45) is 0. The Morgan fingerprint density at radius 3 is 2.66 bits per heavy atom. The van der Waals surface area contributed by atoms with E-state index in [9.17, 15) is 18.8 Å². The van der Waals surface area contributed by atoms with Crippen molar-refractivity contribution in [1.29, 1.82) is 0 Å². The van der Waals surface area contributed by atoms with E-state index in [0.717, 1.165) is 0 Å². The van der Waals surface area contributed by atoms with Gasteiger partial charge in [-0.05, 0) is 37.5 Å². The van der Waals surface area contributed by atoms with Crippen molar-refractivity contribution in [3.05, 3.63) is 46.9 Å². The van der Waals surface area contributed by atoms with Gasteiger partial charge < -0.3 is 15.5 Å². The zero-order valence-electron chi connectivity index (χ0n) is 17.2. The van der Waals surface area contributed by atoms with E-state index in [1.165, 1.54) is 21.9 Å². The van der Waals surface area contributed by atoms with Gasteiger partial charge in [-0.3, -0.25) is 14.5 Å². The monoisotopic (exact) mass is 402 g/mol. The molecule has 1 aromatic carbocycles. The van der Waals surface area contributed by atoms with Crippen LogP contribution >= 0.6 is 0 Å². The van der Waals surface area contributed by atoms with E-state index in [-0.39, 0.29) is 24.4 Å². The Bertz CT molecular complexity index is 867. The molecule has 2 heterocycles. The van der Waals surface area contributed by atoms with Gasteiger partial charge in [0, 0.05) is 13.1 Å². The van der Waals surface area contributed by atoms with E-state index in [1.807, 2.05) is 20.8 Å². The summed E-state index contributed by atoms with van der Waals surface area (Å²) in [5.74, 6) is -0.710. The van der Waals surface area contributed by atoms with Gasteiger partial charge in [0.05, 0.1) is 23.9 Å². The molecule has 0 spiro atoms. The average molecular weight is 402 g/mol. The zero-order chi connectivity index (χ0) is 21.3. The number of hydrogen-bond acceptors (Lipinski definition) is 3. The first kappa shape index (κ1) is 20.8. The number of nitrogens with one attached hydrogen (secondary N) is 2. The third-order valence-electron chi connectivity index (χ3n) is 5.28. The first-order valence-corrected chi connectivity index (χ1v) is 9.89. The van der Waals surface area contributed by atoms with Gasteiger partial charge in [-0.2, -0.15) is 0 Å². The number of urea groups is 1. The summed E-state index contributed by atoms with van der Waals surface area (Å²) in [4.78, 5) is 41.4. The van der Waals surface area contributed by atoms with Gasteiger partial charge in [0.25, 0.3) is 5.91 Å². The fraction of sp³-hybridized carbons (Fsp3) is 0.476. The van der Waals surface area contributed by atoms with Gasteiger partial charge in [-0.15, -0.1) is 0 Å². The van der Waals surface area contributed by atoms with Crippen LogP contribution in [0.15, 0.2) is 35.5 Å². The Morgan fingerprint density at radius 2 is 2.03 bits per heavy atom. The van der Waals surface area contributed by atoms with Gasteiger partial charge >= 0.3 is 6.03 Å². The van der Waals surface area contributed by atoms with Crippen LogP contribution in [0.1, 0.15) is 39.3 Å². The molecule has 0 aliphatic carbocycles. The standard InChI is InChI=1S/C21H27FN4O3/c1-5-25-16-11-26(13(4)19(27)23-10-12(2)3)20(28)17(16)18(24-21(25)29)14-7-6-8-15(22)9-14/h6-9,12-13,18H,5,10-11H2,1-4H3,(H,23,27)(H,24,29)/t13-,18-/m0/s1. The molecule has 7 nitrogen and oxygen atoms in total. The Morgan fingerprint density at radius 1 is 1.31 bits per heavy atom. The predicted octanol–water partition coefficient (Wildman–Crippen LogP) is 2.17. The largest absolute Gasteiger partial charge is 0.354 e. The van der Waals surface area contributed by atoms with Crippen LogP contribution < -0.4 is 10.6 Å². The van der Waals surface area contributed by atoms with E-state index >= 15 is 0 Å². The number of hydrogen-bond donors (Lipinski definition) is 2. The highest BCUT2D eigenvalue weighted by molar-refractivity contribution is 6.03. The topological polar surface area (TPSA) is 81.8 Å². The lowest BCUT2D eigenvalue weighted by Gasteiger charge is -2.32. The molecule has 2 aliphatic rings. The summed E-state index contributed by atoms with van der Waals surface area (Å²) >= 11 is 0. The van der Waals surface area contributed by atoms with Gasteiger partial charge in [-0.25, -0.2) is 9.18 Å². The molecule has 0 fully saturated rings. The molecule has 4 amide bonds. The van der Waals surface area contributed by atoms with Gasteiger partial charge in [0.1, 0.15) is 11.9 Å². The minimum absolute atomic E-state index is 0.164. The molecular weight excluding hydrogens is 375 g/mol. The highest BCUT2D eigenvalue weighted by Gasteiger charge is 2.45. The summed E-state index contributed by atoms with van der Waals surface area (Å²) in [7, 11) is 0. The van der Waals surface area contributed by atoms with Crippen molar-refractivity contribution in [2.24, 2.45) is 5.92 Å². The molecular formula is C21H27FN4O3. The van der Waals surface area contributed by atoms with Crippen molar-refractivity contribution in [3.8, 4) is 0 Å². The van der Waals surface area contributed by atoms with E-state index in [4.69, 9.17) is 0 Å². The van der Waals surface area contributed by atoms with E-state index < -0.39 is 17.9 Å². The molecule has 8 heteroatoms. The molecule has 1 aromatic rings. The highest BCUT2D eigenvalue weighted by Crippen LogP contribution is 2.37. The number of likely N-dealkylation sites (N-methyl/N-ethyl adjacent to an activating group) is 1. The lowest BCUT2D eigenvalue weighted by molar-refractivity contribution is -0.135. The summed E-state index contributed by atoms with van der Waals surface area (Å²) in [5, 5.41) is 5.65. The van der Waals surface area contributed by atoms with Crippen LogP contribution in [0, 0.1) is 11.7 Å². The molecule has 0 unspecified atom stereocenters. The normalized spacial score (nSPS) is 20.1. The molecule has 0 saturated carbocycles. The first-order chi connectivity index (χ1) is 13.7. The Kier molecular flexibility index (Phi) is 5.91. The fourth-order valence-corrected chi connectivity index (χ4v) is 3.69. The predicted molar refractivity (Wildman–Crippen MR) is 106 cm³/mol. The first-order valence-electron chi connectivity index (χ1n) is 9.89. The van der Waals surface area contributed by atoms with Crippen molar-refractivity contribution in [1.82, 2.24) is 20.4 Å². The van der Waals surface area contributed by atoms with Crippen LogP contribution in [0.4, 0.5) is 9.18 Å². The quantitative estimate of drug-likeness (QED) is 0.765. The summed E-state index contributed by atoms with van der Waals surface area (Å²) in [5.41, 5.74) is 1.45. The molecule has 2 aliphatic heterocycles. The second-order valence-electron chi connectivity index (χ2n) is 7.79. The molecule has 0 aromatic heterocycles.